The van der Waals surface area contributed by atoms with E-state index in [4.69, 9.17) is 0 Å². The molecule has 2 heterocycles. The van der Waals surface area contributed by atoms with E-state index in [0.29, 0.717) is 0 Å². The van der Waals surface area contributed by atoms with Gasteiger partial charge in [-0.3, -0.25) is 4.99 Å². The number of hydrogen-bond acceptors (Lipinski definition) is 2. The molecule has 1 aliphatic heterocycles. The lowest BCUT2D eigenvalue weighted by Crippen LogP contribution is -2.15. The molecule has 1 N–H and O–H groups in total. The Morgan fingerprint density at radius 2 is 1.92 bits per heavy atom. The van der Waals surface area contributed by atoms with Crippen LogP contribution >= 0.6 is 0 Å². The number of rotatable bonds is 4. The molecule has 1 aromatic heterocycles. The third-order valence-electron chi connectivity index (χ3n) is 4.81. The summed E-state index contributed by atoms with van der Waals surface area (Å²) in [6, 6.07) is 15.4. The first-order valence-corrected chi connectivity index (χ1v) is 8.76. The maximum Gasteiger partial charge on any atom is 0.0987 e. The zero-order valence-corrected chi connectivity index (χ0v) is 14.3. The van der Waals surface area contributed by atoms with E-state index in [9.17, 15) is 0 Å². The molecule has 0 bridgehead atoms. The number of aliphatic imine (C=N–C) groups is 1. The van der Waals surface area contributed by atoms with E-state index < -0.39 is 0 Å². The average molecular weight is 317 g/mol. The molecule has 0 saturated carbocycles. The summed E-state index contributed by atoms with van der Waals surface area (Å²) in [6.07, 6.45) is 6.40. The summed E-state index contributed by atoms with van der Waals surface area (Å²) in [4.78, 5) is 4.67. The Morgan fingerprint density at radius 1 is 1.08 bits per heavy atom. The van der Waals surface area contributed by atoms with E-state index >= 15 is 0 Å². The molecule has 0 spiro atoms. The predicted molar refractivity (Wildman–Crippen MR) is 102 cm³/mol. The van der Waals surface area contributed by atoms with Gasteiger partial charge in [0.15, 0.2) is 0 Å². The molecule has 3 aromatic rings. The minimum Gasteiger partial charge on any atom is -0.351 e. The minimum absolute atomic E-state index is 0.0830. The molecule has 3 heteroatoms. The van der Waals surface area contributed by atoms with Gasteiger partial charge in [0.2, 0.25) is 0 Å². The number of aryl methyl sites for hydroxylation is 1. The Hall–Kier alpha value is -2.55. The third kappa shape index (κ3) is 2.41. The molecule has 2 aromatic carbocycles. The van der Waals surface area contributed by atoms with Crippen LogP contribution in [-0.2, 0) is 6.54 Å². The SMILES string of the molecule is CCCCn1c2ccccc2c2cccc(C3C=C(C)NC=N3)c21. The zero-order chi connectivity index (χ0) is 16.5. The zero-order valence-electron chi connectivity index (χ0n) is 14.3. The van der Waals surface area contributed by atoms with E-state index in [1.165, 1.54) is 40.2 Å². The highest BCUT2D eigenvalue weighted by Gasteiger charge is 2.18. The number of aromatic nitrogens is 1. The smallest absolute Gasteiger partial charge is 0.0987 e. The second-order valence-corrected chi connectivity index (χ2v) is 6.48. The van der Waals surface area contributed by atoms with Gasteiger partial charge in [-0.25, -0.2) is 0 Å². The van der Waals surface area contributed by atoms with Gasteiger partial charge in [-0.1, -0.05) is 49.7 Å². The lowest BCUT2D eigenvalue weighted by atomic mass is 10.0. The Bertz CT molecular complexity index is 946. The van der Waals surface area contributed by atoms with Crippen LogP contribution in [0.5, 0.6) is 0 Å². The maximum atomic E-state index is 4.67. The van der Waals surface area contributed by atoms with Crippen molar-refractivity contribution in [3.8, 4) is 0 Å². The van der Waals surface area contributed by atoms with Gasteiger partial charge < -0.3 is 9.88 Å². The number of para-hydroxylation sites is 2. The van der Waals surface area contributed by atoms with Crippen LogP contribution in [0.15, 0.2) is 59.2 Å². The highest BCUT2D eigenvalue weighted by Crippen LogP contribution is 2.36. The van der Waals surface area contributed by atoms with Gasteiger partial charge in [-0.15, -0.1) is 0 Å². The lowest BCUT2D eigenvalue weighted by molar-refractivity contribution is 0.662. The summed E-state index contributed by atoms with van der Waals surface area (Å²) in [5.74, 6) is 0. The number of fused-ring (bicyclic) bond motifs is 3. The van der Waals surface area contributed by atoms with Gasteiger partial charge in [-0.05, 0) is 25.5 Å². The standard InChI is InChI=1S/C21H23N3/c1-3-4-12-24-20-11-6-5-8-16(20)17-9-7-10-18(21(17)24)19-13-15(2)22-14-23-19/h5-11,13-14,19H,3-4,12H2,1-2H3,(H,22,23). The van der Waals surface area contributed by atoms with E-state index in [2.05, 4.69) is 77.3 Å². The second kappa shape index (κ2) is 6.16. The summed E-state index contributed by atoms with van der Waals surface area (Å²) < 4.78 is 2.49. The molecule has 0 saturated heterocycles. The molecular weight excluding hydrogens is 294 g/mol. The van der Waals surface area contributed by atoms with E-state index in [1.54, 1.807) is 0 Å². The van der Waals surface area contributed by atoms with Crippen LogP contribution in [0.1, 0.15) is 38.3 Å². The summed E-state index contributed by atoms with van der Waals surface area (Å²) in [5.41, 5.74) is 5.10. The molecule has 0 aliphatic carbocycles. The molecule has 0 radical (unpaired) electrons. The van der Waals surface area contributed by atoms with E-state index in [0.717, 1.165) is 12.2 Å². The summed E-state index contributed by atoms with van der Waals surface area (Å²) >= 11 is 0. The highest BCUT2D eigenvalue weighted by molar-refractivity contribution is 6.09. The van der Waals surface area contributed by atoms with Gasteiger partial charge in [0.1, 0.15) is 0 Å². The fourth-order valence-corrected chi connectivity index (χ4v) is 3.64. The number of hydrogen-bond donors (Lipinski definition) is 1. The fourth-order valence-electron chi connectivity index (χ4n) is 3.64. The van der Waals surface area contributed by atoms with Crippen LogP contribution < -0.4 is 5.32 Å². The average Bonchev–Trinajstić information content (AvgIpc) is 2.94. The van der Waals surface area contributed by atoms with Crippen molar-refractivity contribution in [2.75, 3.05) is 0 Å². The van der Waals surface area contributed by atoms with Crippen molar-refractivity contribution in [1.82, 2.24) is 9.88 Å². The topological polar surface area (TPSA) is 29.3 Å². The second-order valence-electron chi connectivity index (χ2n) is 6.48. The molecule has 1 unspecified atom stereocenters. The lowest BCUT2D eigenvalue weighted by Gasteiger charge is -2.18. The van der Waals surface area contributed by atoms with Gasteiger partial charge in [0.05, 0.1) is 17.9 Å². The fraction of sp³-hybridized carbons (Fsp3) is 0.286. The Balaban J connectivity index is 2.01. The first-order valence-electron chi connectivity index (χ1n) is 8.76. The highest BCUT2D eigenvalue weighted by atomic mass is 15.0. The number of allylic oxidation sites excluding steroid dienone is 1. The van der Waals surface area contributed by atoms with Crippen molar-refractivity contribution in [2.24, 2.45) is 4.99 Å². The number of unbranched alkanes of at least 4 members (excludes halogenated alkanes) is 1. The summed E-state index contributed by atoms with van der Waals surface area (Å²) in [5, 5.41) is 5.84. The summed E-state index contributed by atoms with van der Waals surface area (Å²) in [7, 11) is 0. The molecular formula is C21H23N3. The van der Waals surface area contributed by atoms with Gasteiger partial charge in [-0.2, -0.15) is 0 Å². The third-order valence-corrected chi connectivity index (χ3v) is 4.81. The van der Waals surface area contributed by atoms with Crippen molar-refractivity contribution in [3.63, 3.8) is 0 Å². The van der Waals surface area contributed by atoms with Crippen molar-refractivity contribution >= 4 is 28.1 Å². The van der Waals surface area contributed by atoms with E-state index in [-0.39, 0.29) is 6.04 Å². The van der Waals surface area contributed by atoms with Crippen molar-refractivity contribution in [2.45, 2.75) is 39.3 Å². The van der Waals surface area contributed by atoms with Crippen LogP contribution in [-0.4, -0.2) is 10.9 Å². The minimum atomic E-state index is 0.0830. The Labute approximate surface area is 142 Å². The van der Waals surface area contributed by atoms with Crippen LogP contribution in [0.2, 0.25) is 0 Å². The van der Waals surface area contributed by atoms with Gasteiger partial charge in [0, 0.05) is 34.1 Å². The van der Waals surface area contributed by atoms with Crippen LogP contribution in [0.3, 0.4) is 0 Å². The first kappa shape index (κ1) is 15.0. The molecule has 1 aliphatic rings. The molecule has 1 atom stereocenters. The van der Waals surface area contributed by atoms with Crippen molar-refractivity contribution in [3.05, 3.63) is 59.8 Å². The predicted octanol–water partition coefficient (Wildman–Crippen LogP) is 5.17. The molecule has 122 valence electrons. The normalized spacial score (nSPS) is 17.2. The maximum absolute atomic E-state index is 4.67. The van der Waals surface area contributed by atoms with Crippen LogP contribution in [0, 0.1) is 0 Å². The monoisotopic (exact) mass is 317 g/mol. The van der Waals surface area contributed by atoms with E-state index in [1.807, 2.05) is 6.34 Å². The summed E-state index contributed by atoms with van der Waals surface area (Å²) in [6.45, 7) is 5.39. The van der Waals surface area contributed by atoms with Gasteiger partial charge >= 0.3 is 0 Å². The Kier molecular flexibility index (Phi) is 3.85. The number of benzene rings is 2. The molecule has 3 nitrogen and oxygen atoms in total. The first-order chi connectivity index (χ1) is 11.8. The Morgan fingerprint density at radius 3 is 2.75 bits per heavy atom. The van der Waals surface area contributed by atoms with Crippen LogP contribution in [0.25, 0.3) is 21.8 Å². The van der Waals surface area contributed by atoms with Crippen molar-refractivity contribution in [1.29, 1.82) is 0 Å². The molecule has 0 fully saturated rings. The molecule has 0 amide bonds. The number of nitrogens with zero attached hydrogens (tertiary/aromatic N) is 2. The quantitative estimate of drug-likeness (QED) is 0.706. The van der Waals surface area contributed by atoms with Crippen molar-refractivity contribution < 1.29 is 0 Å². The van der Waals surface area contributed by atoms with Crippen LogP contribution in [0.4, 0.5) is 0 Å². The van der Waals surface area contributed by atoms with Gasteiger partial charge in [0.25, 0.3) is 0 Å². The largest absolute Gasteiger partial charge is 0.351 e. The number of nitrogens with one attached hydrogen (secondary N) is 1. The molecule has 4 rings (SSSR count). The molecule has 24 heavy (non-hydrogen) atoms.